The van der Waals surface area contributed by atoms with Crippen molar-refractivity contribution in [2.75, 3.05) is 19.5 Å². The summed E-state index contributed by atoms with van der Waals surface area (Å²) in [6, 6.07) is 12.3. The normalized spacial score (nSPS) is 10.8. The van der Waals surface area contributed by atoms with E-state index in [9.17, 15) is 14.0 Å². The first-order valence-corrected chi connectivity index (χ1v) is 9.22. The fraction of sp³-hybridized carbons (Fsp3) is 0.143. The number of halogens is 1. The molecule has 0 saturated heterocycles. The molecular weight excluding hydrogens is 405 g/mol. The third kappa shape index (κ3) is 4.08. The molecular formula is C21H18FN5O4. The lowest BCUT2D eigenvalue weighted by atomic mass is 10.1. The Morgan fingerprint density at radius 2 is 1.81 bits per heavy atom. The molecule has 0 atom stereocenters. The summed E-state index contributed by atoms with van der Waals surface area (Å²) in [4.78, 5) is 25.2. The average molecular weight is 423 g/mol. The Bertz CT molecular complexity index is 1310. The quantitative estimate of drug-likeness (QED) is 0.511. The zero-order valence-corrected chi connectivity index (χ0v) is 16.7. The third-order valence-electron chi connectivity index (χ3n) is 4.59. The van der Waals surface area contributed by atoms with Gasteiger partial charge < -0.3 is 14.8 Å². The second-order valence-electron chi connectivity index (χ2n) is 6.58. The number of hydrogen-bond donors (Lipinski definition) is 1. The van der Waals surface area contributed by atoms with E-state index < -0.39 is 11.5 Å². The van der Waals surface area contributed by atoms with Crippen LogP contribution in [0.2, 0.25) is 0 Å². The van der Waals surface area contributed by atoms with Crippen LogP contribution in [-0.4, -0.2) is 39.5 Å². The van der Waals surface area contributed by atoms with E-state index in [1.54, 1.807) is 36.4 Å². The van der Waals surface area contributed by atoms with Gasteiger partial charge in [0.05, 0.1) is 19.9 Å². The van der Waals surface area contributed by atoms with Crippen LogP contribution >= 0.6 is 0 Å². The first-order valence-electron chi connectivity index (χ1n) is 9.22. The molecule has 0 bridgehead atoms. The number of aromatic nitrogens is 4. The van der Waals surface area contributed by atoms with E-state index in [1.165, 1.54) is 37.2 Å². The molecule has 2 aromatic carbocycles. The predicted molar refractivity (Wildman–Crippen MR) is 111 cm³/mol. The van der Waals surface area contributed by atoms with Crippen LogP contribution in [0.1, 0.15) is 0 Å². The number of anilines is 1. The number of methoxy groups -OCH3 is 2. The first-order chi connectivity index (χ1) is 15.0. The molecule has 9 nitrogen and oxygen atoms in total. The van der Waals surface area contributed by atoms with Gasteiger partial charge in [-0.05, 0) is 42.5 Å². The highest BCUT2D eigenvalue weighted by Crippen LogP contribution is 2.29. The van der Waals surface area contributed by atoms with Crippen molar-refractivity contribution in [1.82, 2.24) is 19.4 Å². The largest absolute Gasteiger partial charge is 0.493 e. The molecule has 158 valence electrons. The summed E-state index contributed by atoms with van der Waals surface area (Å²) < 4.78 is 25.9. The van der Waals surface area contributed by atoms with Gasteiger partial charge >= 0.3 is 0 Å². The molecule has 0 unspecified atom stereocenters. The molecule has 0 aliphatic heterocycles. The summed E-state index contributed by atoms with van der Waals surface area (Å²) in [5, 5.41) is 11.0. The van der Waals surface area contributed by atoms with Crippen LogP contribution in [0.4, 0.5) is 10.1 Å². The Morgan fingerprint density at radius 1 is 1.06 bits per heavy atom. The summed E-state index contributed by atoms with van der Waals surface area (Å²) >= 11 is 0. The molecule has 4 aromatic rings. The number of hydrogen-bond acceptors (Lipinski definition) is 6. The summed E-state index contributed by atoms with van der Waals surface area (Å²) in [7, 11) is 3.01. The molecule has 31 heavy (non-hydrogen) atoms. The maximum Gasteiger partial charge on any atom is 0.293 e. The highest BCUT2D eigenvalue weighted by atomic mass is 19.1. The summed E-state index contributed by atoms with van der Waals surface area (Å²) in [6.45, 7) is -0.291. The maximum atomic E-state index is 13.1. The van der Waals surface area contributed by atoms with Crippen molar-refractivity contribution in [3.8, 4) is 22.8 Å². The Kier molecular flexibility index (Phi) is 5.35. The standard InChI is InChI=1S/C21H18FN5O4/c1-30-18-8-7-15(9-19(18)31-2)24-20(28)11-26-21(29)17-10-16(25-27(17)12-23-26)13-3-5-14(22)6-4-13/h3-10,12H,11H2,1-2H3,(H,24,28). The molecule has 1 N–H and O–H groups in total. The van der Waals surface area contributed by atoms with Crippen LogP contribution in [0.5, 0.6) is 11.5 Å². The van der Waals surface area contributed by atoms with E-state index >= 15 is 0 Å². The van der Waals surface area contributed by atoms with Crippen LogP contribution in [-0.2, 0) is 11.3 Å². The number of fused-ring (bicyclic) bond motifs is 1. The van der Waals surface area contributed by atoms with Crippen LogP contribution in [0, 0.1) is 5.82 Å². The van der Waals surface area contributed by atoms with E-state index in [1.807, 2.05) is 0 Å². The highest BCUT2D eigenvalue weighted by Gasteiger charge is 2.13. The minimum atomic E-state index is -0.481. The van der Waals surface area contributed by atoms with Gasteiger partial charge in [0.25, 0.3) is 5.56 Å². The molecule has 0 radical (unpaired) electrons. The van der Waals surface area contributed by atoms with Gasteiger partial charge in [0.15, 0.2) is 11.5 Å². The van der Waals surface area contributed by atoms with Crippen molar-refractivity contribution in [2.24, 2.45) is 0 Å². The van der Waals surface area contributed by atoms with E-state index in [0.29, 0.717) is 28.4 Å². The van der Waals surface area contributed by atoms with Crippen molar-refractivity contribution in [3.63, 3.8) is 0 Å². The number of nitrogens with zero attached hydrogens (tertiary/aromatic N) is 4. The number of carbonyl (C=O) groups is 1. The molecule has 2 heterocycles. The number of ether oxygens (including phenoxy) is 2. The van der Waals surface area contributed by atoms with Gasteiger partial charge in [-0.3, -0.25) is 9.59 Å². The molecule has 0 saturated carbocycles. The van der Waals surface area contributed by atoms with E-state index in [-0.39, 0.29) is 17.9 Å². The predicted octanol–water partition coefficient (Wildman–Crippen LogP) is 2.35. The lowest BCUT2D eigenvalue weighted by molar-refractivity contribution is -0.117. The lowest BCUT2D eigenvalue weighted by Gasteiger charge is -2.11. The van der Waals surface area contributed by atoms with Gasteiger partial charge in [-0.2, -0.15) is 10.2 Å². The third-order valence-corrected chi connectivity index (χ3v) is 4.59. The van der Waals surface area contributed by atoms with Gasteiger partial charge in [0.2, 0.25) is 5.91 Å². The highest BCUT2D eigenvalue weighted by molar-refractivity contribution is 5.90. The van der Waals surface area contributed by atoms with Crippen LogP contribution in [0.25, 0.3) is 16.8 Å². The van der Waals surface area contributed by atoms with Gasteiger partial charge in [-0.15, -0.1) is 0 Å². The van der Waals surface area contributed by atoms with E-state index in [0.717, 1.165) is 4.68 Å². The second-order valence-corrected chi connectivity index (χ2v) is 6.58. The summed E-state index contributed by atoms with van der Waals surface area (Å²) in [5.74, 6) is 0.188. The van der Waals surface area contributed by atoms with Gasteiger partial charge in [-0.1, -0.05) is 0 Å². The van der Waals surface area contributed by atoms with E-state index in [2.05, 4.69) is 15.5 Å². The number of carbonyl (C=O) groups excluding carboxylic acids is 1. The van der Waals surface area contributed by atoms with Crippen molar-refractivity contribution >= 4 is 17.1 Å². The van der Waals surface area contributed by atoms with Crippen LogP contribution in [0.15, 0.2) is 59.7 Å². The molecule has 4 rings (SSSR count). The molecule has 0 aliphatic rings. The Labute approximate surface area is 175 Å². The SMILES string of the molecule is COc1ccc(NC(=O)Cn2ncn3nc(-c4ccc(F)cc4)cc3c2=O)cc1OC. The summed E-state index contributed by atoms with van der Waals surface area (Å²) in [5.41, 5.74) is 1.40. The molecule has 0 aliphatic carbocycles. The number of benzene rings is 2. The monoisotopic (exact) mass is 423 g/mol. The van der Waals surface area contributed by atoms with Crippen molar-refractivity contribution in [2.45, 2.75) is 6.54 Å². The molecule has 0 fully saturated rings. The van der Waals surface area contributed by atoms with Gasteiger partial charge in [0.1, 0.15) is 24.2 Å². The van der Waals surface area contributed by atoms with Crippen LogP contribution < -0.4 is 20.3 Å². The maximum absolute atomic E-state index is 13.1. The minimum absolute atomic E-state index is 0.244. The number of rotatable bonds is 6. The summed E-state index contributed by atoms with van der Waals surface area (Å²) in [6.07, 6.45) is 1.34. The topological polar surface area (TPSA) is 99.8 Å². The first kappa shape index (κ1) is 20.1. The minimum Gasteiger partial charge on any atom is -0.493 e. The van der Waals surface area contributed by atoms with Gasteiger partial charge in [0, 0.05) is 17.3 Å². The zero-order valence-electron chi connectivity index (χ0n) is 16.7. The fourth-order valence-corrected chi connectivity index (χ4v) is 3.06. The average Bonchev–Trinajstić information content (AvgIpc) is 3.21. The van der Waals surface area contributed by atoms with Crippen molar-refractivity contribution in [3.05, 3.63) is 71.0 Å². The molecule has 2 aromatic heterocycles. The van der Waals surface area contributed by atoms with Crippen LogP contribution in [0.3, 0.4) is 0 Å². The van der Waals surface area contributed by atoms with Crippen molar-refractivity contribution < 1.29 is 18.7 Å². The fourth-order valence-electron chi connectivity index (χ4n) is 3.06. The molecule has 1 amide bonds. The Morgan fingerprint density at radius 3 is 2.52 bits per heavy atom. The second kappa shape index (κ2) is 8.27. The van der Waals surface area contributed by atoms with E-state index in [4.69, 9.17) is 9.47 Å². The molecule has 10 heteroatoms. The lowest BCUT2D eigenvalue weighted by Crippen LogP contribution is -2.30. The van der Waals surface area contributed by atoms with Gasteiger partial charge in [-0.25, -0.2) is 13.6 Å². The van der Waals surface area contributed by atoms with Crippen molar-refractivity contribution in [1.29, 1.82) is 0 Å². The zero-order chi connectivity index (χ0) is 22.0. The number of nitrogens with one attached hydrogen (secondary N) is 1. The molecule has 0 spiro atoms. The Balaban J connectivity index is 1.56. The smallest absolute Gasteiger partial charge is 0.293 e. The Hall–Kier alpha value is -4.21. The number of amides is 1.